The topological polar surface area (TPSA) is 78.0 Å². The fraction of sp³-hybridized carbons (Fsp3) is 0.636. The van der Waals surface area contributed by atoms with Gasteiger partial charge in [0.25, 0.3) is 5.56 Å². The Balaban J connectivity index is 2.23. The van der Waals surface area contributed by atoms with Gasteiger partial charge in [0, 0.05) is 0 Å². The van der Waals surface area contributed by atoms with E-state index in [1.54, 1.807) is 0 Å². The Morgan fingerprint density at radius 3 is 2.82 bits per heavy atom. The van der Waals surface area contributed by atoms with Crippen LogP contribution < -0.4 is 10.9 Å². The molecular weight excluding hydrogens is 286 g/mol. The summed E-state index contributed by atoms with van der Waals surface area (Å²) in [6, 6.07) is 0. The van der Waals surface area contributed by atoms with E-state index in [1.165, 1.54) is 12.7 Å². The Morgan fingerprint density at radius 2 is 2.18 bits per heavy atom. The lowest BCUT2D eigenvalue weighted by molar-refractivity contribution is 0.172. The molecule has 1 aliphatic rings. The van der Waals surface area contributed by atoms with Crippen molar-refractivity contribution in [2.45, 2.75) is 37.6 Å². The molecule has 1 aromatic heterocycles. The van der Waals surface area contributed by atoms with Crippen LogP contribution in [0.1, 0.15) is 32.1 Å². The van der Waals surface area contributed by atoms with Crippen LogP contribution in [0.2, 0.25) is 0 Å². The fourth-order valence-corrected chi connectivity index (χ4v) is 2.59. The number of nitrogens with one attached hydrogen (secondary N) is 2. The zero-order chi connectivity index (χ0) is 12.3. The first-order valence-corrected chi connectivity index (χ1v) is 6.58. The second-order valence-corrected chi connectivity index (χ2v) is 5.31. The lowest BCUT2D eigenvalue weighted by atomic mass is 9.82. The molecule has 1 fully saturated rings. The van der Waals surface area contributed by atoms with Crippen LogP contribution in [-0.4, -0.2) is 27.2 Å². The Morgan fingerprint density at radius 1 is 1.47 bits per heavy atom. The van der Waals surface area contributed by atoms with Crippen molar-refractivity contribution in [3.63, 3.8) is 0 Å². The molecule has 1 aromatic rings. The van der Waals surface area contributed by atoms with Crippen LogP contribution in [0.5, 0.6) is 0 Å². The van der Waals surface area contributed by atoms with Crippen LogP contribution in [-0.2, 0) is 0 Å². The SMILES string of the molecule is O=c1[nH]cnc(NC2(CO)CCCCC2)c1Br. The minimum atomic E-state index is -0.332. The number of anilines is 1. The number of hydrogen-bond donors (Lipinski definition) is 3. The molecule has 0 aromatic carbocycles. The molecular formula is C11H16BrN3O2. The molecule has 3 N–H and O–H groups in total. The van der Waals surface area contributed by atoms with Gasteiger partial charge in [-0.1, -0.05) is 19.3 Å². The smallest absolute Gasteiger partial charge is 0.267 e. The van der Waals surface area contributed by atoms with Crippen molar-refractivity contribution < 1.29 is 5.11 Å². The highest BCUT2D eigenvalue weighted by Crippen LogP contribution is 2.31. The second-order valence-electron chi connectivity index (χ2n) is 4.52. The molecule has 1 saturated carbocycles. The molecule has 0 spiro atoms. The fourth-order valence-electron chi connectivity index (χ4n) is 2.27. The molecule has 0 atom stereocenters. The van der Waals surface area contributed by atoms with Crippen molar-refractivity contribution in [2.75, 3.05) is 11.9 Å². The quantitative estimate of drug-likeness (QED) is 0.793. The van der Waals surface area contributed by atoms with Gasteiger partial charge < -0.3 is 15.4 Å². The van der Waals surface area contributed by atoms with Gasteiger partial charge >= 0.3 is 0 Å². The minimum Gasteiger partial charge on any atom is -0.394 e. The third-order valence-corrected chi connectivity index (χ3v) is 4.03. The highest BCUT2D eigenvalue weighted by molar-refractivity contribution is 9.10. The number of hydrogen-bond acceptors (Lipinski definition) is 4. The van der Waals surface area contributed by atoms with Gasteiger partial charge in [-0.2, -0.15) is 0 Å². The molecule has 0 bridgehead atoms. The van der Waals surface area contributed by atoms with Gasteiger partial charge in [0.1, 0.15) is 10.3 Å². The Hall–Kier alpha value is -0.880. The summed E-state index contributed by atoms with van der Waals surface area (Å²) >= 11 is 3.21. The Labute approximate surface area is 108 Å². The predicted molar refractivity (Wildman–Crippen MR) is 69.1 cm³/mol. The molecule has 0 amide bonds. The van der Waals surface area contributed by atoms with E-state index >= 15 is 0 Å². The van der Waals surface area contributed by atoms with Crippen LogP contribution >= 0.6 is 15.9 Å². The van der Waals surface area contributed by atoms with E-state index < -0.39 is 0 Å². The Bertz CT molecular complexity index is 441. The van der Waals surface area contributed by atoms with Crippen LogP contribution in [0.4, 0.5) is 5.82 Å². The number of halogens is 1. The largest absolute Gasteiger partial charge is 0.394 e. The van der Waals surface area contributed by atoms with Crippen LogP contribution in [0.25, 0.3) is 0 Å². The van der Waals surface area contributed by atoms with E-state index in [1.807, 2.05) is 0 Å². The summed E-state index contributed by atoms with van der Waals surface area (Å²) in [5, 5.41) is 12.8. The third-order valence-electron chi connectivity index (χ3n) is 3.29. The van der Waals surface area contributed by atoms with Crippen LogP contribution in [0.3, 0.4) is 0 Å². The van der Waals surface area contributed by atoms with Crippen molar-refractivity contribution >= 4 is 21.7 Å². The van der Waals surface area contributed by atoms with E-state index in [0.29, 0.717) is 10.3 Å². The molecule has 0 unspecified atom stereocenters. The molecule has 94 valence electrons. The van der Waals surface area contributed by atoms with Gasteiger partial charge in [0.05, 0.1) is 18.5 Å². The van der Waals surface area contributed by atoms with Gasteiger partial charge in [-0.3, -0.25) is 4.79 Å². The highest BCUT2D eigenvalue weighted by atomic mass is 79.9. The van der Waals surface area contributed by atoms with Crippen molar-refractivity contribution in [1.82, 2.24) is 9.97 Å². The second kappa shape index (κ2) is 5.18. The summed E-state index contributed by atoms with van der Waals surface area (Å²) in [4.78, 5) is 18.0. The summed E-state index contributed by atoms with van der Waals surface area (Å²) in [5.74, 6) is 0.504. The van der Waals surface area contributed by atoms with E-state index in [0.717, 1.165) is 25.7 Å². The predicted octanol–water partition coefficient (Wildman–Crippen LogP) is 1.64. The maximum atomic E-state index is 11.4. The number of aromatic nitrogens is 2. The van der Waals surface area contributed by atoms with Crippen LogP contribution in [0.15, 0.2) is 15.6 Å². The van der Waals surface area contributed by atoms with Gasteiger partial charge in [-0.25, -0.2) is 4.98 Å². The zero-order valence-corrected chi connectivity index (χ0v) is 11.1. The Kier molecular flexibility index (Phi) is 3.83. The average Bonchev–Trinajstić information content (AvgIpc) is 2.36. The van der Waals surface area contributed by atoms with Crippen molar-refractivity contribution in [3.05, 3.63) is 21.2 Å². The summed E-state index contributed by atoms with van der Waals surface area (Å²) in [6.07, 6.45) is 6.56. The monoisotopic (exact) mass is 301 g/mol. The molecule has 6 heteroatoms. The minimum absolute atomic E-state index is 0.0634. The number of aliphatic hydroxyl groups is 1. The standard InChI is InChI=1S/C11H16BrN3O2/c12-8-9(13-7-14-10(8)17)15-11(6-16)4-2-1-3-5-11/h7,16H,1-6H2,(H2,13,14,15,17). The van der Waals surface area contributed by atoms with E-state index in [2.05, 4.69) is 31.2 Å². The maximum Gasteiger partial charge on any atom is 0.267 e. The molecule has 0 saturated heterocycles. The number of aromatic amines is 1. The number of H-pyrrole nitrogens is 1. The summed E-state index contributed by atoms with van der Waals surface area (Å²) in [6.45, 7) is 0.0634. The van der Waals surface area contributed by atoms with Gasteiger partial charge in [-0.15, -0.1) is 0 Å². The summed E-state index contributed by atoms with van der Waals surface area (Å²) < 4.78 is 0.387. The van der Waals surface area contributed by atoms with Gasteiger partial charge in [0.2, 0.25) is 0 Å². The molecule has 5 nitrogen and oxygen atoms in total. The van der Waals surface area contributed by atoms with E-state index in [9.17, 15) is 9.90 Å². The summed E-state index contributed by atoms with van der Waals surface area (Å²) in [7, 11) is 0. The van der Waals surface area contributed by atoms with Gasteiger partial charge in [-0.05, 0) is 28.8 Å². The number of nitrogens with zero attached hydrogens (tertiary/aromatic N) is 1. The zero-order valence-electron chi connectivity index (χ0n) is 9.50. The average molecular weight is 302 g/mol. The lowest BCUT2D eigenvalue weighted by Gasteiger charge is -2.37. The number of rotatable bonds is 3. The van der Waals surface area contributed by atoms with Crippen molar-refractivity contribution in [2.24, 2.45) is 0 Å². The molecule has 1 heterocycles. The maximum absolute atomic E-state index is 11.4. The first kappa shape index (κ1) is 12.6. The summed E-state index contributed by atoms with van der Waals surface area (Å²) in [5.41, 5.74) is -0.548. The first-order chi connectivity index (χ1) is 8.17. The highest BCUT2D eigenvalue weighted by Gasteiger charge is 2.32. The van der Waals surface area contributed by atoms with Gasteiger partial charge in [0.15, 0.2) is 0 Å². The molecule has 0 radical (unpaired) electrons. The van der Waals surface area contributed by atoms with Crippen molar-refractivity contribution in [1.29, 1.82) is 0 Å². The molecule has 17 heavy (non-hydrogen) atoms. The van der Waals surface area contributed by atoms with E-state index in [4.69, 9.17) is 0 Å². The normalized spacial score (nSPS) is 18.9. The lowest BCUT2D eigenvalue weighted by Crippen LogP contribution is -2.44. The number of aliphatic hydroxyl groups excluding tert-OH is 1. The van der Waals surface area contributed by atoms with Crippen molar-refractivity contribution in [3.8, 4) is 0 Å². The van der Waals surface area contributed by atoms with E-state index in [-0.39, 0.29) is 17.7 Å². The molecule has 0 aliphatic heterocycles. The first-order valence-electron chi connectivity index (χ1n) is 5.79. The third kappa shape index (κ3) is 2.69. The van der Waals surface area contributed by atoms with Crippen LogP contribution in [0, 0.1) is 0 Å². The molecule has 2 rings (SSSR count). The molecule has 1 aliphatic carbocycles.